The first-order valence-corrected chi connectivity index (χ1v) is 8.86. The highest BCUT2D eigenvalue weighted by atomic mass is 32.2. The molecule has 1 aromatic rings. The molecule has 2 heterocycles. The number of piperidine rings is 1. The van der Waals surface area contributed by atoms with E-state index in [4.69, 9.17) is 0 Å². The highest BCUT2D eigenvalue weighted by Crippen LogP contribution is 2.13. The minimum absolute atomic E-state index is 0.0347. The monoisotopic (exact) mass is 314 g/mol. The molecule has 21 heavy (non-hydrogen) atoms. The maximum atomic E-state index is 12.0. The van der Waals surface area contributed by atoms with Crippen LogP contribution < -0.4 is 5.32 Å². The second-order valence-corrected chi connectivity index (χ2v) is 7.57. The van der Waals surface area contributed by atoms with Crippen molar-refractivity contribution in [1.29, 1.82) is 0 Å². The molecule has 0 atom stereocenters. The van der Waals surface area contributed by atoms with E-state index in [9.17, 15) is 13.2 Å². The Morgan fingerprint density at radius 1 is 1.38 bits per heavy atom. The molecule has 0 bridgehead atoms. The number of sulfonamides is 1. The molecule has 1 N–H and O–H groups in total. The van der Waals surface area contributed by atoms with E-state index < -0.39 is 10.0 Å². The first-order valence-electron chi connectivity index (χ1n) is 7.01. The fourth-order valence-corrected chi connectivity index (χ4v) is 3.45. The zero-order chi connectivity index (χ0) is 15.6. The Hall–Kier alpha value is -1.41. The maximum absolute atomic E-state index is 12.0. The number of nitrogens with one attached hydrogen (secondary N) is 1. The summed E-state index contributed by atoms with van der Waals surface area (Å²) < 4.78 is 26.0. The summed E-state index contributed by atoms with van der Waals surface area (Å²) in [6.07, 6.45) is 2.51. The average molecular weight is 314 g/mol. The topological polar surface area (TPSA) is 84.3 Å². The molecule has 1 saturated heterocycles. The fourth-order valence-electron chi connectivity index (χ4n) is 2.58. The molecule has 0 radical (unpaired) electrons. The Labute approximate surface area is 125 Å². The van der Waals surface area contributed by atoms with Crippen LogP contribution in [0.25, 0.3) is 0 Å². The zero-order valence-corrected chi connectivity index (χ0v) is 13.5. The van der Waals surface area contributed by atoms with Crippen LogP contribution in [0.5, 0.6) is 0 Å². The van der Waals surface area contributed by atoms with Gasteiger partial charge in [-0.15, -0.1) is 0 Å². The number of carbonyl (C=O) groups is 1. The maximum Gasteiger partial charge on any atom is 0.241 e. The van der Waals surface area contributed by atoms with Gasteiger partial charge in [0.1, 0.15) is 6.54 Å². The molecule has 118 valence electrons. The highest BCUT2D eigenvalue weighted by molar-refractivity contribution is 7.88. The predicted molar refractivity (Wildman–Crippen MR) is 79.3 cm³/mol. The van der Waals surface area contributed by atoms with Gasteiger partial charge in [0.05, 0.1) is 11.9 Å². The molecule has 1 aromatic heterocycles. The van der Waals surface area contributed by atoms with Gasteiger partial charge >= 0.3 is 0 Å². The Balaban J connectivity index is 1.83. The largest absolute Gasteiger partial charge is 0.352 e. The van der Waals surface area contributed by atoms with Crippen molar-refractivity contribution >= 4 is 15.9 Å². The van der Waals surface area contributed by atoms with E-state index in [1.807, 2.05) is 19.9 Å². The van der Waals surface area contributed by atoms with Gasteiger partial charge in [0.15, 0.2) is 0 Å². The van der Waals surface area contributed by atoms with Crippen molar-refractivity contribution in [3.63, 3.8) is 0 Å². The van der Waals surface area contributed by atoms with Crippen molar-refractivity contribution in [2.24, 2.45) is 0 Å². The third kappa shape index (κ3) is 4.28. The van der Waals surface area contributed by atoms with Crippen LogP contribution in [0.2, 0.25) is 0 Å². The Morgan fingerprint density at radius 3 is 2.48 bits per heavy atom. The fraction of sp³-hybridized carbons (Fsp3) is 0.692. The van der Waals surface area contributed by atoms with E-state index in [0.717, 1.165) is 11.4 Å². The summed E-state index contributed by atoms with van der Waals surface area (Å²) in [5, 5.41) is 7.21. The first-order chi connectivity index (χ1) is 9.75. The van der Waals surface area contributed by atoms with Gasteiger partial charge in [0.25, 0.3) is 0 Å². The van der Waals surface area contributed by atoms with Crippen molar-refractivity contribution in [3.8, 4) is 0 Å². The van der Waals surface area contributed by atoms with Gasteiger partial charge < -0.3 is 5.32 Å². The molecule has 0 aromatic carbocycles. The van der Waals surface area contributed by atoms with Crippen LogP contribution in [0, 0.1) is 13.8 Å². The van der Waals surface area contributed by atoms with Gasteiger partial charge in [-0.2, -0.15) is 5.10 Å². The summed E-state index contributed by atoms with van der Waals surface area (Å²) in [5.74, 6) is -0.0843. The lowest BCUT2D eigenvalue weighted by molar-refractivity contribution is -0.122. The number of carbonyl (C=O) groups excluding carboxylic acids is 1. The molecule has 0 unspecified atom stereocenters. The molecular formula is C13H22N4O3S. The summed E-state index contributed by atoms with van der Waals surface area (Å²) in [6.45, 7) is 4.93. The number of hydrogen-bond acceptors (Lipinski definition) is 4. The van der Waals surface area contributed by atoms with Gasteiger partial charge in [-0.1, -0.05) is 0 Å². The van der Waals surface area contributed by atoms with Crippen molar-refractivity contribution in [2.45, 2.75) is 39.3 Å². The molecule has 1 aliphatic heterocycles. The molecule has 8 heteroatoms. The number of nitrogens with zero attached hydrogens (tertiary/aromatic N) is 3. The minimum atomic E-state index is -3.12. The van der Waals surface area contributed by atoms with Crippen LogP contribution in [0.15, 0.2) is 6.07 Å². The number of aromatic nitrogens is 2. The summed E-state index contributed by atoms with van der Waals surface area (Å²) in [6, 6.07) is 1.96. The average Bonchev–Trinajstić information content (AvgIpc) is 2.67. The summed E-state index contributed by atoms with van der Waals surface area (Å²) in [5.41, 5.74) is 1.84. The molecule has 0 aliphatic carbocycles. The lowest BCUT2D eigenvalue weighted by atomic mass is 10.1. The predicted octanol–water partition coefficient (Wildman–Crippen LogP) is 0.0401. The second-order valence-electron chi connectivity index (χ2n) is 5.59. The smallest absolute Gasteiger partial charge is 0.241 e. The molecular weight excluding hydrogens is 292 g/mol. The van der Waals surface area contributed by atoms with Crippen LogP contribution >= 0.6 is 0 Å². The Bertz CT molecular complexity index is 615. The van der Waals surface area contributed by atoms with E-state index in [2.05, 4.69) is 10.4 Å². The quantitative estimate of drug-likeness (QED) is 0.850. The third-order valence-electron chi connectivity index (χ3n) is 3.68. The Kier molecular flexibility index (Phi) is 4.67. The van der Waals surface area contributed by atoms with Crippen molar-refractivity contribution in [2.75, 3.05) is 19.3 Å². The van der Waals surface area contributed by atoms with Crippen LogP contribution in [-0.4, -0.2) is 53.8 Å². The number of aryl methyl sites for hydroxylation is 2. The standard InChI is InChI=1S/C13H22N4O3S/c1-10-8-11(2)17(15-10)9-13(18)14-12-4-6-16(7-5-12)21(3,19)20/h8,12H,4-7,9H2,1-3H3,(H,14,18). The summed E-state index contributed by atoms with van der Waals surface area (Å²) in [7, 11) is -3.12. The van der Waals surface area contributed by atoms with Gasteiger partial charge in [0.2, 0.25) is 15.9 Å². The minimum Gasteiger partial charge on any atom is -0.352 e. The Morgan fingerprint density at radius 2 is 2.00 bits per heavy atom. The first kappa shape index (κ1) is 16.0. The van der Waals surface area contributed by atoms with Gasteiger partial charge in [-0.05, 0) is 32.8 Å². The van der Waals surface area contributed by atoms with E-state index in [1.54, 1.807) is 4.68 Å². The van der Waals surface area contributed by atoms with Gasteiger partial charge in [-0.3, -0.25) is 9.48 Å². The SMILES string of the molecule is Cc1cc(C)n(CC(=O)NC2CCN(S(C)(=O)=O)CC2)n1. The van der Waals surface area contributed by atoms with E-state index >= 15 is 0 Å². The van der Waals surface area contributed by atoms with E-state index in [0.29, 0.717) is 25.9 Å². The van der Waals surface area contributed by atoms with Crippen molar-refractivity contribution < 1.29 is 13.2 Å². The molecule has 1 fully saturated rings. The highest BCUT2D eigenvalue weighted by Gasteiger charge is 2.25. The number of hydrogen-bond donors (Lipinski definition) is 1. The van der Waals surface area contributed by atoms with Crippen molar-refractivity contribution in [3.05, 3.63) is 17.5 Å². The van der Waals surface area contributed by atoms with Crippen LogP contribution in [0.4, 0.5) is 0 Å². The van der Waals surface area contributed by atoms with E-state index in [1.165, 1.54) is 10.6 Å². The van der Waals surface area contributed by atoms with Crippen molar-refractivity contribution in [1.82, 2.24) is 19.4 Å². The number of rotatable bonds is 4. The molecule has 1 amide bonds. The molecule has 1 aliphatic rings. The molecule has 2 rings (SSSR count). The van der Waals surface area contributed by atoms with Crippen LogP contribution in [0.3, 0.4) is 0 Å². The molecule has 0 saturated carbocycles. The second kappa shape index (κ2) is 6.15. The lowest BCUT2D eigenvalue weighted by Gasteiger charge is -2.30. The summed E-state index contributed by atoms with van der Waals surface area (Å²) >= 11 is 0. The van der Waals surface area contributed by atoms with Crippen LogP contribution in [0.1, 0.15) is 24.2 Å². The van der Waals surface area contributed by atoms with Gasteiger partial charge in [0, 0.05) is 24.8 Å². The number of amides is 1. The lowest BCUT2D eigenvalue weighted by Crippen LogP contribution is -2.47. The normalized spacial score (nSPS) is 17.9. The summed E-state index contributed by atoms with van der Waals surface area (Å²) in [4.78, 5) is 12.0. The molecule has 7 nitrogen and oxygen atoms in total. The third-order valence-corrected chi connectivity index (χ3v) is 4.99. The van der Waals surface area contributed by atoms with Crippen LogP contribution in [-0.2, 0) is 21.4 Å². The van der Waals surface area contributed by atoms with Gasteiger partial charge in [-0.25, -0.2) is 12.7 Å². The van der Waals surface area contributed by atoms with E-state index in [-0.39, 0.29) is 18.5 Å². The molecule has 0 spiro atoms. The zero-order valence-electron chi connectivity index (χ0n) is 12.7.